The fraction of sp³-hybridized carbons (Fsp3) is 0.118. The topological polar surface area (TPSA) is 56.3 Å². The highest BCUT2D eigenvalue weighted by Crippen LogP contribution is 2.29. The highest BCUT2D eigenvalue weighted by molar-refractivity contribution is 7.87. The molecule has 0 spiro atoms. The lowest BCUT2D eigenvalue weighted by molar-refractivity contribution is 0.487. The van der Waals surface area contributed by atoms with Crippen LogP contribution < -0.4 is 4.18 Å². The van der Waals surface area contributed by atoms with Gasteiger partial charge in [0.15, 0.2) is 5.75 Å². The Kier molecular flexibility index (Phi) is 4.00. The first kappa shape index (κ1) is 15.8. The van der Waals surface area contributed by atoms with Crippen LogP contribution >= 0.6 is 11.6 Å². The highest BCUT2D eigenvalue weighted by atomic mass is 35.5. The van der Waals surface area contributed by atoms with Crippen molar-refractivity contribution in [3.8, 4) is 5.75 Å². The number of fused-ring (bicyclic) bond motifs is 1. The van der Waals surface area contributed by atoms with Crippen molar-refractivity contribution in [3.05, 3.63) is 64.8 Å². The first-order valence-electron chi connectivity index (χ1n) is 6.93. The second-order valence-corrected chi connectivity index (χ2v) is 7.16. The maximum absolute atomic E-state index is 12.6. The molecule has 2 aromatic carbocycles. The van der Waals surface area contributed by atoms with Crippen molar-refractivity contribution in [2.45, 2.75) is 18.7 Å². The molecular weight excluding hydrogens is 334 g/mol. The summed E-state index contributed by atoms with van der Waals surface area (Å²) in [6.45, 7) is 3.43. The Labute approximate surface area is 139 Å². The lowest BCUT2D eigenvalue weighted by atomic mass is 10.2. The van der Waals surface area contributed by atoms with E-state index >= 15 is 0 Å². The molecule has 0 saturated heterocycles. The SMILES string of the molecule is Cc1cc(S(=O)(=O)Oc2cccc3cccnc23)c(C)cc1Cl. The van der Waals surface area contributed by atoms with Crippen LogP contribution in [-0.2, 0) is 10.1 Å². The third-order valence-electron chi connectivity index (χ3n) is 3.52. The van der Waals surface area contributed by atoms with Crippen LogP contribution in [0.5, 0.6) is 5.75 Å². The van der Waals surface area contributed by atoms with Crippen LogP contribution in [0.25, 0.3) is 10.9 Å². The Balaban J connectivity index is 2.09. The zero-order chi connectivity index (χ0) is 16.6. The molecule has 0 radical (unpaired) electrons. The molecule has 0 amide bonds. The molecule has 0 atom stereocenters. The third kappa shape index (κ3) is 3.02. The smallest absolute Gasteiger partial charge is 0.339 e. The number of benzene rings is 2. The van der Waals surface area contributed by atoms with Gasteiger partial charge in [0.05, 0.1) is 0 Å². The number of halogens is 1. The van der Waals surface area contributed by atoms with Gasteiger partial charge in [0, 0.05) is 16.6 Å². The van der Waals surface area contributed by atoms with Crippen molar-refractivity contribution in [2.24, 2.45) is 0 Å². The van der Waals surface area contributed by atoms with Gasteiger partial charge in [0.2, 0.25) is 0 Å². The summed E-state index contributed by atoms with van der Waals surface area (Å²) in [5.41, 5.74) is 1.71. The summed E-state index contributed by atoms with van der Waals surface area (Å²) < 4.78 is 30.6. The van der Waals surface area contributed by atoms with Crippen LogP contribution in [0.3, 0.4) is 0 Å². The largest absolute Gasteiger partial charge is 0.377 e. The van der Waals surface area contributed by atoms with Crippen LogP contribution in [-0.4, -0.2) is 13.4 Å². The Hall–Kier alpha value is -2.11. The minimum atomic E-state index is -3.97. The van der Waals surface area contributed by atoms with E-state index in [4.69, 9.17) is 15.8 Å². The molecule has 1 aromatic heterocycles. The van der Waals surface area contributed by atoms with Crippen LogP contribution in [0.15, 0.2) is 53.6 Å². The Morgan fingerprint density at radius 3 is 2.57 bits per heavy atom. The van der Waals surface area contributed by atoms with Gasteiger partial charge in [-0.15, -0.1) is 0 Å². The van der Waals surface area contributed by atoms with E-state index in [9.17, 15) is 8.42 Å². The maximum atomic E-state index is 12.6. The second kappa shape index (κ2) is 5.83. The summed E-state index contributed by atoms with van der Waals surface area (Å²) in [6.07, 6.45) is 1.60. The number of para-hydroxylation sites is 1. The summed E-state index contributed by atoms with van der Waals surface area (Å²) in [5, 5.41) is 1.33. The molecule has 0 aliphatic heterocycles. The lowest BCUT2D eigenvalue weighted by Gasteiger charge is -2.12. The van der Waals surface area contributed by atoms with Gasteiger partial charge < -0.3 is 4.18 Å². The normalized spacial score (nSPS) is 11.6. The Morgan fingerprint density at radius 2 is 1.78 bits per heavy atom. The van der Waals surface area contributed by atoms with Gasteiger partial charge in [-0.3, -0.25) is 4.98 Å². The van der Waals surface area contributed by atoms with Gasteiger partial charge in [-0.1, -0.05) is 29.8 Å². The minimum absolute atomic E-state index is 0.104. The number of nitrogens with zero attached hydrogens (tertiary/aromatic N) is 1. The molecule has 118 valence electrons. The molecule has 0 aliphatic carbocycles. The number of pyridine rings is 1. The Bertz CT molecular complexity index is 995. The zero-order valence-electron chi connectivity index (χ0n) is 12.6. The average molecular weight is 348 g/mol. The van der Waals surface area contributed by atoms with Crippen molar-refractivity contribution >= 4 is 32.6 Å². The molecule has 23 heavy (non-hydrogen) atoms. The monoisotopic (exact) mass is 347 g/mol. The summed E-state index contributed by atoms with van der Waals surface area (Å²) in [4.78, 5) is 4.31. The van der Waals surface area contributed by atoms with Crippen molar-refractivity contribution in [2.75, 3.05) is 0 Å². The molecule has 0 aliphatic rings. The molecule has 4 nitrogen and oxygen atoms in total. The van der Waals surface area contributed by atoms with E-state index < -0.39 is 10.1 Å². The third-order valence-corrected chi connectivity index (χ3v) is 5.31. The van der Waals surface area contributed by atoms with Crippen molar-refractivity contribution in [1.82, 2.24) is 4.98 Å². The van der Waals surface area contributed by atoms with Gasteiger partial charge in [0.1, 0.15) is 10.4 Å². The van der Waals surface area contributed by atoms with Crippen LogP contribution in [0.1, 0.15) is 11.1 Å². The summed E-state index contributed by atoms with van der Waals surface area (Å²) in [6, 6.07) is 11.9. The number of aryl methyl sites for hydroxylation is 2. The minimum Gasteiger partial charge on any atom is -0.377 e. The molecule has 0 bridgehead atoms. The maximum Gasteiger partial charge on any atom is 0.339 e. The number of hydrogen-bond acceptors (Lipinski definition) is 4. The van der Waals surface area contributed by atoms with E-state index in [0.29, 0.717) is 21.7 Å². The standard InChI is InChI=1S/C17H14ClNO3S/c1-11-10-16(12(2)9-14(11)18)23(20,21)22-15-7-3-5-13-6-4-8-19-17(13)15/h3-10H,1-2H3. The summed E-state index contributed by atoms with van der Waals surface area (Å²) in [7, 11) is -3.97. The summed E-state index contributed by atoms with van der Waals surface area (Å²) in [5.74, 6) is 0.204. The van der Waals surface area contributed by atoms with Gasteiger partial charge in [-0.2, -0.15) is 8.42 Å². The molecule has 0 unspecified atom stereocenters. The van der Waals surface area contributed by atoms with Crippen molar-refractivity contribution in [3.63, 3.8) is 0 Å². The number of aromatic nitrogens is 1. The molecule has 6 heteroatoms. The first-order chi connectivity index (χ1) is 10.9. The lowest BCUT2D eigenvalue weighted by Crippen LogP contribution is -2.12. The van der Waals surface area contributed by atoms with Gasteiger partial charge in [-0.25, -0.2) is 0 Å². The molecule has 0 saturated carbocycles. The van der Waals surface area contributed by atoms with E-state index in [2.05, 4.69) is 4.98 Å². The number of hydrogen-bond donors (Lipinski definition) is 0. The Morgan fingerprint density at radius 1 is 1.04 bits per heavy atom. The van der Waals surface area contributed by atoms with Gasteiger partial charge in [-0.05, 0) is 49.2 Å². The fourth-order valence-electron chi connectivity index (χ4n) is 2.33. The van der Waals surface area contributed by atoms with E-state index in [1.807, 2.05) is 12.1 Å². The number of rotatable bonds is 3. The van der Waals surface area contributed by atoms with Gasteiger partial charge in [0.25, 0.3) is 0 Å². The van der Waals surface area contributed by atoms with Crippen molar-refractivity contribution in [1.29, 1.82) is 0 Å². The van der Waals surface area contributed by atoms with Gasteiger partial charge >= 0.3 is 10.1 Å². The predicted molar refractivity (Wildman–Crippen MR) is 90.5 cm³/mol. The van der Waals surface area contributed by atoms with Crippen LogP contribution in [0.2, 0.25) is 5.02 Å². The molecule has 3 aromatic rings. The summed E-state index contributed by atoms with van der Waals surface area (Å²) >= 11 is 6.03. The molecule has 0 N–H and O–H groups in total. The second-order valence-electron chi connectivity index (χ2n) is 5.24. The van der Waals surface area contributed by atoms with E-state index in [-0.39, 0.29) is 10.6 Å². The first-order valence-corrected chi connectivity index (χ1v) is 8.72. The van der Waals surface area contributed by atoms with Crippen LogP contribution in [0, 0.1) is 13.8 Å². The molecule has 3 rings (SSSR count). The predicted octanol–water partition coefficient (Wildman–Crippen LogP) is 4.27. The zero-order valence-corrected chi connectivity index (χ0v) is 14.1. The van der Waals surface area contributed by atoms with E-state index in [0.717, 1.165) is 5.39 Å². The van der Waals surface area contributed by atoms with E-state index in [1.165, 1.54) is 6.07 Å². The van der Waals surface area contributed by atoms with E-state index in [1.54, 1.807) is 44.3 Å². The fourth-order valence-corrected chi connectivity index (χ4v) is 3.78. The molecule has 0 fully saturated rings. The van der Waals surface area contributed by atoms with Crippen LogP contribution in [0.4, 0.5) is 0 Å². The molecule has 1 heterocycles. The quantitative estimate of drug-likeness (QED) is 0.664. The molecular formula is C17H14ClNO3S. The van der Waals surface area contributed by atoms with Crippen molar-refractivity contribution < 1.29 is 12.6 Å². The average Bonchev–Trinajstić information content (AvgIpc) is 2.51. The highest BCUT2D eigenvalue weighted by Gasteiger charge is 2.21.